The molecule has 0 aromatic heterocycles. The summed E-state index contributed by atoms with van der Waals surface area (Å²) in [5, 5.41) is 10.0. The van der Waals surface area contributed by atoms with Crippen LogP contribution in [0.2, 0.25) is 0 Å². The van der Waals surface area contributed by atoms with Crippen LogP contribution in [-0.4, -0.2) is 14.9 Å². The fourth-order valence-electron chi connectivity index (χ4n) is 0.0152. The molecule has 0 aliphatic carbocycles. The van der Waals surface area contributed by atoms with Crippen molar-refractivity contribution < 1.29 is 53.5 Å². The van der Waals surface area contributed by atoms with Gasteiger partial charge in [0.05, 0.1) is 0 Å². The Hall–Kier alpha value is 0.776. The third kappa shape index (κ3) is 20.1. The Kier molecular flexibility index (Phi) is 35.5. The maximum Gasteiger partial charge on any atom is 0.632 e. The van der Waals surface area contributed by atoms with Crippen molar-refractivity contribution in [2.24, 2.45) is 0 Å². The zero-order chi connectivity index (χ0) is 4.12. The van der Waals surface area contributed by atoms with E-state index in [4.69, 9.17) is 9.72 Å². The summed E-state index contributed by atoms with van der Waals surface area (Å²) in [5.74, 6) is 0. The molecule has 7 heavy (non-hydrogen) atoms. The Bertz CT molecular complexity index is 30.9. The van der Waals surface area contributed by atoms with E-state index in [0.717, 1.165) is 0 Å². The minimum Gasteiger partial charge on any atom is -0.327 e. The Balaban J connectivity index is -0.0000000800. The number of hydrogen-bond donors (Lipinski definition) is 1. The molecule has 0 aromatic carbocycles. The molecule has 0 amide bonds. The van der Waals surface area contributed by atoms with Crippen molar-refractivity contribution in [3.05, 3.63) is 0 Å². The summed E-state index contributed by atoms with van der Waals surface area (Å²) in [6, 6.07) is 0. The molecular formula is HFe2O4Si. The summed E-state index contributed by atoms with van der Waals surface area (Å²) >= 11 is 0. The molecule has 4 nitrogen and oxygen atoms in total. The number of rotatable bonds is 2. The van der Waals surface area contributed by atoms with Crippen LogP contribution in [0.3, 0.4) is 0 Å². The van der Waals surface area contributed by atoms with E-state index in [1.807, 2.05) is 0 Å². The van der Waals surface area contributed by atoms with Crippen LogP contribution in [0.4, 0.5) is 0 Å². The molecule has 0 saturated carbocycles. The van der Waals surface area contributed by atoms with E-state index in [0.29, 0.717) is 0 Å². The normalized spacial score (nSPS) is 4.71. The smallest absolute Gasteiger partial charge is 0.327 e. The predicted molar refractivity (Wildman–Crippen MR) is 11.2 cm³/mol. The van der Waals surface area contributed by atoms with Crippen molar-refractivity contribution in [3.8, 4) is 0 Å². The van der Waals surface area contributed by atoms with Gasteiger partial charge in [0.1, 0.15) is 0 Å². The molecule has 0 heterocycles. The van der Waals surface area contributed by atoms with Crippen LogP contribution < -0.4 is 0 Å². The second kappa shape index (κ2) is 15.9. The van der Waals surface area contributed by atoms with E-state index in [1.54, 1.807) is 0 Å². The fraction of sp³-hybridized carbons (Fsp3) is 0. The maximum absolute atomic E-state index is 9.05. The molecular weight excluding hydrogens is 204 g/mol. The average molecular weight is 205 g/mol. The summed E-state index contributed by atoms with van der Waals surface area (Å²) in [6.45, 7) is 0. The van der Waals surface area contributed by atoms with Crippen LogP contribution in [0.5, 0.6) is 0 Å². The van der Waals surface area contributed by atoms with Crippen LogP contribution >= 0.6 is 0 Å². The van der Waals surface area contributed by atoms with Gasteiger partial charge in [-0.25, -0.2) is 5.26 Å². The molecule has 0 rings (SSSR count). The van der Waals surface area contributed by atoms with Crippen LogP contribution in [0.1, 0.15) is 0 Å². The average Bonchev–Trinajstić information content (AvgIpc) is 1.41. The minimum atomic E-state index is -1.06. The molecule has 0 spiro atoms. The van der Waals surface area contributed by atoms with Crippen molar-refractivity contribution in [1.29, 1.82) is 0 Å². The van der Waals surface area contributed by atoms with Gasteiger partial charge in [-0.05, 0) is 5.04 Å². The van der Waals surface area contributed by atoms with E-state index >= 15 is 0 Å². The molecule has 0 fully saturated rings. The Morgan fingerprint density at radius 3 is 1.86 bits per heavy atom. The monoisotopic (exact) mass is 205 g/mol. The van der Waals surface area contributed by atoms with Crippen molar-refractivity contribution >= 4 is 9.65 Å². The van der Waals surface area contributed by atoms with E-state index < -0.39 is 9.65 Å². The van der Waals surface area contributed by atoms with Crippen LogP contribution in [0, 0.1) is 0 Å². The molecule has 0 aliphatic rings. The van der Waals surface area contributed by atoms with Gasteiger partial charge in [-0.15, -0.1) is 0 Å². The summed E-state index contributed by atoms with van der Waals surface area (Å²) in [7, 11) is -1.06. The van der Waals surface area contributed by atoms with E-state index in [-0.39, 0.29) is 34.1 Å². The summed E-state index contributed by atoms with van der Waals surface area (Å²) < 4.78 is 12.4. The minimum absolute atomic E-state index is 0. The quantitative estimate of drug-likeness (QED) is 0.370. The molecule has 0 saturated heterocycles. The van der Waals surface area contributed by atoms with Gasteiger partial charge in [-0.1, -0.05) is 0 Å². The fourth-order valence-corrected chi connectivity index (χ4v) is 0.0456. The third-order valence-electron chi connectivity index (χ3n) is 0.0713. The molecule has 0 aliphatic heterocycles. The third-order valence-corrected chi connectivity index (χ3v) is 0.214. The van der Waals surface area contributed by atoms with Crippen LogP contribution in [0.15, 0.2) is 0 Å². The first kappa shape index (κ1) is 15.7. The van der Waals surface area contributed by atoms with Gasteiger partial charge in [0.25, 0.3) is 0 Å². The van der Waals surface area contributed by atoms with Crippen LogP contribution in [0.25, 0.3) is 0 Å². The van der Waals surface area contributed by atoms with Crippen molar-refractivity contribution in [2.75, 3.05) is 0 Å². The zero-order valence-electron chi connectivity index (χ0n) is 2.88. The first-order valence-electron chi connectivity index (χ1n) is 0.757. The Morgan fingerprint density at radius 1 is 1.43 bits per heavy atom. The predicted octanol–water partition coefficient (Wildman–Crippen LogP) is -0.633. The first-order chi connectivity index (χ1) is 2.41. The summed E-state index contributed by atoms with van der Waals surface area (Å²) in [6.07, 6.45) is 0. The van der Waals surface area contributed by atoms with E-state index in [1.165, 1.54) is 0 Å². The maximum atomic E-state index is 9.05. The molecule has 0 atom stereocenters. The summed E-state index contributed by atoms with van der Waals surface area (Å²) in [5.41, 5.74) is 0. The largest absolute Gasteiger partial charge is 0.632 e. The molecule has 0 aromatic rings. The zero-order valence-corrected chi connectivity index (χ0v) is 6.09. The Labute approximate surface area is 63.4 Å². The molecule has 7 heteroatoms. The van der Waals surface area contributed by atoms with Crippen molar-refractivity contribution in [2.45, 2.75) is 0 Å². The first-order valence-corrected chi connectivity index (χ1v) is 1.57. The van der Waals surface area contributed by atoms with Gasteiger partial charge in [0.15, 0.2) is 0 Å². The molecule has 0 unspecified atom stereocenters. The van der Waals surface area contributed by atoms with Gasteiger partial charge in [-0.2, -0.15) is 0 Å². The van der Waals surface area contributed by atoms with Gasteiger partial charge in [0, 0.05) is 34.1 Å². The standard InChI is InChI=1S/2Fe.HO4Si/c;;1-3-4-5-2/h;;1H. The van der Waals surface area contributed by atoms with E-state index in [2.05, 4.69) is 9.61 Å². The molecule has 1 N–H and O–H groups in total. The van der Waals surface area contributed by atoms with Crippen molar-refractivity contribution in [1.82, 2.24) is 0 Å². The molecule has 45 valence electrons. The van der Waals surface area contributed by atoms with Gasteiger partial charge in [0.2, 0.25) is 0 Å². The van der Waals surface area contributed by atoms with Crippen molar-refractivity contribution in [3.63, 3.8) is 0 Å². The second-order valence-corrected chi connectivity index (χ2v) is 0.575. The summed E-state index contributed by atoms with van der Waals surface area (Å²) in [4.78, 5) is 0. The molecule has 0 bridgehead atoms. The van der Waals surface area contributed by atoms with Gasteiger partial charge >= 0.3 is 9.65 Å². The molecule has 1 radical (unpaired) electrons. The van der Waals surface area contributed by atoms with Crippen LogP contribution in [-0.2, 0) is 48.2 Å². The Morgan fingerprint density at radius 2 is 1.86 bits per heavy atom. The topological polar surface area (TPSA) is 55.8 Å². The van der Waals surface area contributed by atoms with E-state index in [9.17, 15) is 0 Å². The SMILES string of the molecule is O=[Si]OOO.[Fe].[Fe]. The number of hydrogen-bond acceptors (Lipinski definition) is 4. The van der Waals surface area contributed by atoms with Gasteiger partial charge in [-0.3, -0.25) is 0 Å². The second-order valence-electron chi connectivity index (χ2n) is 0.241. The van der Waals surface area contributed by atoms with Gasteiger partial charge < -0.3 is 9.04 Å².